The maximum absolute atomic E-state index is 4.67. The minimum Gasteiger partial charge on any atom is -0.309 e. The summed E-state index contributed by atoms with van der Waals surface area (Å²) in [6.45, 7) is 7.57. The van der Waals surface area contributed by atoms with Crippen LogP contribution in [0.3, 0.4) is 0 Å². The number of nitrogens with one attached hydrogen (secondary N) is 1. The van der Waals surface area contributed by atoms with Gasteiger partial charge < -0.3 is 5.32 Å². The Balaban J connectivity index is 2.17. The molecule has 1 aliphatic rings. The number of nitrogens with zero attached hydrogens (tertiary/aromatic N) is 2. The predicted octanol–water partition coefficient (Wildman–Crippen LogP) is 3.44. The molecule has 1 N–H and O–H groups in total. The van der Waals surface area contributed by atoms with Gasteiger partial charge in [-0.2, -0.15) is 5.10 Å². The van der Waals surface area contributed by atoms with Crippen LogP contribution in [0, 0.1) is 20.8 Å². The Morgan fingerprint density at radius 2 is 2.05 bits per heavy atom. The van der Waals surface area contributed by atoms with Gasteiger partial charge in [0.2, 0.25) is 0 Å². The molecule has 0 spiro atoms. The Kier molecular flexibility index (Phi) is 3.38. The Morgan fingerprint density at radius 3 is 2.70 bits per heavy atom. The average molecular weight is 269 g/mol. The van der Waals surface area contributed by atoms with Gasteiger partial charge in [0.05, 0.1) is 11.4 Å². The van der Waals surface area contributed by atoms with E-state index in [4.69, 9.17) is 0 Å². The second-order valence-corrected chi connectivity index (χ2v) is 5.94. The molecule has 0 radical (unpaired) electrons. The Labute approximate surface area is 121 Å². The SMILES string of the molecule is Cc1ccc(-c2c(C)nn(C)c2C2CCCN2)c(C)c1. The van der Waals surface area contributed by atoms with Crippen LogP contribution in [0.1, 0.15) is 41.4 Å². The lowest BCUT2D eigenvalue weighted by Gasteiger charge is -2.15. The zero-order valence-electron chi connectivity index (χ0n) is 12.8. The van der Waals surface area contributed by atoms with E-state index in [-0.39, 0.29) is 0 Å². The van der Waals surface area contributed by atoms with Crippen molar-refractivity contribution in [3.8, 4) is 11.1 Å². The smallest absolute Gasteiger partial charge is 0.0675 e. The molecule has 106 valence electrons. The van der Waals surface area contributed by atoms with Crippen LogP contribution in [0.5, 0.6) is 0 Å². The van der Waals surface area contributed by atoms with Gasteiger partial charge in [-0.25, -0.2) is 0 Å². The van der Waals surface area contributed by atoms with Gasteiger partial charge in [-0.1, -0.05) is 23.8 Å². The lowest BCUT2D eigenvalue weighted by atomic mass is 9.94. The van der Waals surface area contributed by atoms with Crippen LogP contribution in [-0.2, 0) is 7.05 Å². The molecule has 3 rings (SSSR count). The van der Waals surface area contributed by atoms with Crippen LogP contribution >= 0.6 is 0 Å². The van der Waals surface area contributed by atoms with Gasteiger partial charge in [0.1, 0.15) is 0 Å². The third-order valence-corrected chi connectivity index (χ3v) is 4.31. The van der Waals surface area contributed by atoms with Crippen molar-refractivity contribution in [3.05, 3.63) is 40.7 Å². The largest absolute Gasteiger partial charge is 0.309 e. The van der Waals surface area contributed by atoms with Crippen molar-refractivity contribution < 1.29 is 0 Å². The standard InChI is InChI=1S/C17H23N3/c1-11-7-8-14(12(2)10-11)16-13(3)19-20(4)17(16)15-6-5-9-18-15/h7-8,10,15,18H,5-6,9H2,1-4H3. The van der Waals surface area contributed by atoms with Gasteiger partial charge in [0, 0.05) is 18.7 Å². The Hall–Kier alpha value is -1.61. The van der Waals surface area contributed by atoms with Gasteiger partial charge in [-0.3, -0.25) is 4.68 Å². The lowest BCUT2D eigenvalue weighted by Crippen LogP contribution is -2.17. The quantitative estimate of drug-likeness (QED) is 0.905. The van der Waals surface area contributed by atoms with E-state index in [1.54, 1.807) is 0 Å². The summed E-state index contributed by atoms with van der Waals surface area (Å²) in [5.74, 6) is 0. The van der Waals surface area contributed by atoms with Crippen LogP contribution in [-0.4, -0.2) is 16.3 Å². The summed E-state index contributed by atoms with van der Waals surface area (Å²) < 4.78 is 2.06. The third-order valence-electron chi connectivity index (χ3n) is 4.31. The molecule has 1 atom stereocenters. The molecular formula is C17H23N3. The second-order valence-electron chi connectivity index (χ2n) is 5.94. The van der Waals surface area contributed by atoms with Gasteiger partial charge in [-0.05, 0) is 51.3 Å². The first-order chi connectivity index (χ1) is 9.58. The fourth-order valence-electron chi connectivity index (χ4n) is 3.42. The normalized spacial score (nSPS) is 18.7. The highest BCUT2D eigenvalue weighted by molar-refractivity contribution is 5.72. The summed E-state index contributed by atoms with van der Waals surface area (Å²) in [5, 5.41) is 8.28. The molecule has 1 saturated heterocycles. The molecule has 1 aromatic carbocycles. The molecule has 2 aromatic rings. The molecule has 0 amide bonds. The fourth-order valence-corrected chi connectivity index (χ4v) is 3.42. The molecule has 0 bridgehead atoms. The van der Waals surface area contributed by atoms with Crippen molar-refractivity contribution in [2.45, 2.75) is 39.7 Å². The molecule has 3 heteroatoms. The minimum absolute atomic E-state index is 0.442. The maximum atomic E-state index is 4.67. The van der Waals surface area contributed by atoms with E-state index in [0.717, 1.165) is 12.2 Å². The minimum atomic E-state index is 0.442. The molecule has 2 heterocycles. The van der Waals surface area contributed by atoms with E-state index in [1.807, 2.05) is 0 Å². The lowest BCUT2D eigenvalue weighted by molar-refractivity contribution is 0.574. The van der Waals surface area contributed by atoms with E-state index in [1.165, 1.54) is 40.8 Å². The van der Waals surface area contributed by atoms with Crippen molar-refractivity contribution in [2.24, 2.45) is 7.05 Å². The van der Waals surface area contributed by atoms with Crippen LogP contribution in [0.2, 0.25) is 0 Å². The van der Waals surface area contributed by atoms with Crippen molar-refractivity contribution in [1.29, 1.82) is 0 Å². The van der Waals surface area contributed by atoms with Crippen molar-refractivity contribution in [2.75, 3.05) is 6.54 Å². The molecule has 1 aliphatic heterocycles. The molecule has 20 heavy (non-hydrogen) atoms. The number of aryl methyl sites for hydroxylation is 4. The summed E-state index contributed by atoms with van der Waals surface area (Å²) in [4.78, 5) is 0. The summed E-state index contributed by atoms with van der Waals surface area (Å²) >= 11 is 0. The second kappa shape index (κ2) is 5.06. The zero-order chi connectivity index (χ0) is 14.3. The van der Waals surface area contributed by atoms with Gasteiger partial charge in [0.15, 0.2) is 0 Å². The number of hydrogen-bond donors (Lipinski definition) is 1. The van der Waals surface area contributed by atoms with E-state index >= 15 is 0 Å². The van der Waals surface area contributed by atoms with Crippen LogP contribution in [0.15, 0.2) is 18.2 Å². The predicted molar refractivity (Wildman–Crippen MR) is 82.8 cm³/mol. The van der Waals surface area contributed by atoms with E-state index < -0.39 is 0 Å². The highest BCUT2D eigenvalue weighted by Crippen LogP contribution is 2.36. The summed E-state index contributed by atoms with van der Waals surface area (Å²) in [5.41, 5.74) is 7.76. The maximum Gasteiger partial charge on any atom is 0.0675 e. The number of benzene rings is 1. The molecule has 1 unspecified atom stereocenters. The third kappa shape index (κ3) is 2.16. The number of aromatic nitrogens is 2. The monoisotopic (exact) mass is 269 g/mol. The Morgan fingerprint density at radius 1 is 1.25 bits per heavy atom. The Bertz CT molecular complexity index is 634. The summed E-state index contributed by atoms with van der Waals surface area (Å²) in [6.07, 6.45) is 2.46. The molecule has 0 saturated carbocycles. The van der Waals surface area contributed by atoms with E-state index in [2.05, 4.69) is 61.1 Å². The van der Waals surface area contributed by atoms with Crippen LogP contribution < -0.4 is 5.32 Å². The first-order valence-corrected chi connectivity index (χ1v) is 7.42. The van der Waals surface area contributed by atoms with Gasteiger partial charge in [0.25, 0.3) is 0 Å². The van der Waals surface area contributed by atoms with Gasteiger partial charge >= 0.3 is 0 Å². The highest BCUT2D eigenvalue weighted by atomic mass is 15.3. The van der Waals surface area contributed by atoms with E-state index in [0.29, 0.717) is 6.04 Å². The average Bonchev–Trinajstić information content (AvgIpc) is 2.97. The first kappa shape index (κ1) is 13.4. The molecule has 1 fully saturated rings. The topological polar surface area (TPSA) is 29.9 Å². The first-order valence-electron chi connectivity index (χ1n) is 7.42. The fraction of sp³-hybridized carbons (Fsp3) is 0.471. The number of rotatable bonds is 2. The highest BCUT2D eigenvalue weighted by Gasteiger charge is 2.26. The molecular weight excluding hydrogens is 246 g/mol. The molecule has 1 aromatic heterocycles. The molecule has 3 nitrogen and oxygen atoms in total. The van der Waals surface area contributed by atoms with Crippen LogP contribution in [0.25, 0.3) is 11.1 Å². The summed E-state index contributed by atoms with van der Waals surface area (Å²) in [7, 11) is 2.06. The summed E-state index contributed by atoms with van der Waals surface area (Å²) in [6, 6.07) is 7.14. The molecule has 0 aliphatic carbocycles. The van der Waals surface area contributed by atoms with Crippen LogP contribution in [0.4, 0.5) is 0 Å². The zero-order valence-corrected chi connectivity index (χ0v) is 12.8. The van der Waals surface area contributed by atoms with Gasteiger partial charge in [-0.15, -0.1) is 0 Å². The van der Waals surface area contributed by atoms with Crippen molar-refractivity contribution in [3.63, 3.8) is 0 Å². The van der Waals surface area contributed by atoms with E-state index in [9.17, 15) is 0 Å². The van der Waals surface area contributed by atoms with Crippen molar-refractivity contribution >= 4 is 0 Å². The number of hydrogen-bond acceptors (Lipinski definition) is 2. The van der Waals surface area contributed by atoms with Crippen molar-refractivity contribution in [1.82, 2.24) is 15.1 Å².